The van der Waals surface area contributed by atoms with Gasteiger partial charge in [0.05, 0.1) is 17.4 Å². The minimum Gasteiger partial charge on any atom is -0.348 e. The number of hydrogen-bond acceptors (Lipinski definition) is 3. The molecular formula is C14H18N4O. The Morgan fingerprint density at radius 1 is 1.42 bits per heavy atom. The van der Waals surface area contributed by atoms with E-state index in [-0.39, 0.29) is 11.9 Å². The van der Waals surface area contributed by atoms with Crippen LogP contribution >= 0.6 is 0 Å². The predicted octanol–water partition coefficient (Wildman–Crippen LogP) is 1.01. The number of hydrogen-bond donors (Lipinski definition) is 1. The molecule has 1 fully saturated rings. The molecule has 5 heteroatoms. The van der Waals surface area contributed by atoms with Crippen LogP contribution in [0.5, 0.6) is 0 Å². The van der Waals surface area contributed by atoms with Gasteiger partial charge >= 0.3 is 0 Å². The zero-order valence-corrected chi connectivity index (χ0v) is 11.3. The van der Waals surface area contributed by atoms with Crippen LogP contribution in [0, 0.1) is 0 Å². The smallest absolute Gasteiger partial charge is 0.251 e. The summed E-state index contributed by atoms with van der Waals surface area (Å²) in [5.41, 5.74) is 2.58. The molecule has 1 saturated heterocycles. The van der Waals surface area contributed by atoms with E-state index >= 15 is 0 Å². The first kappa shape index (κ1) is 12.2. The molecule has 1 aliphatic rings. The summed E-state index contributed by atoms with van der Waals surface area (Å²) in [6.45, 7) is 1.97. The zero-order chi connectivity index (χ0) is 13.4. The molecule has 1 atom stereocenters. The minimum absolute atomic E-state index is 0.00662. The van der Waals surface area contributed by atoms with Crippen LogP contribution in [-0.4, -0.2) is 46.5 Å². The summed E-state index contributed by atoms with van der Waals surface area (Å²) in [6.07, 6.45) is 2.78. The van der Waals surface area contributed by atoms with Gasteiger partial charge in [0.1, 0.15) is 0 Å². The van der Waals surface area contributed by atoms with Gasteiger partial charge in [-0.1, -0.05) is 0 Å². The van der Waals surface area contributed by atoms with E-state index in [1.807, 2.05) is 29.8 Å². The largest absolute Gasteiger partial charge is 0.348 e. The molecule has 19 heavy (non-hydrogen) atoms. The van der Waals surface area contributed by atoms with Gasteiger partial charge in [-0.15, -0.1) is 0 Å². The average molecular weight is 258 g/mol. The molecule has 5 nitrogen and oxygen atoms in total. The molecule has 1 aliphatic heterocycles. The number of carbonyl (C=O) groups is 1. The van der Waals surface area contributed by atoms with Crippen molar-refractivity contribution in [1.82, 2.24) is 19.8 Å². The highest BCUT2D eigenvalue weighted by Crippen LogP contribution is 2.14. The van der Waals surface area contributed by atoms with Crippen LogP contribution in [0.25, 0.3) is 11.0 Å². The SMILES string of the molecule is CN1CCC(NC(=O)c2ccc3c(c2)ncn3C)C1. The Bertz CT molecular complexity index is 619. The lowest BCUT2D eigenvalue weighted by Crippen LogP contribution is -2.36. The highest BCUT2D eigenvalue weighted by molar-refractivity contribution is 5.97. The lowest BCUT2D eigenvalue weighted by molar-refractivity contribution is 0.0938. The number of fused-ring (bicyclic) bond motifs is 1. The molecular weight excluding hydrogens is 240 g/mol. The van der Waals surface area contributed by atoms with E-state index in [4.69, 9.17) is 0 Å². The fourth-order valence-corrected chi connectivity index (χ4v) is 2.60. The number of likely N-dealkylation sites (tertiary alicyclic amines) is 1. The van der Waals surface area contributed by atoms with E-state index in [1.165, 1.54) is 0 Å². The Morgan fingerprint density at radius 2 is 2.26 bits per heavy atom. The van der Waals surface area contributed by atoms with Crippen LogP contribution < -0.4 is 5.32 Å². The number of rotatable bonds is 2. The van der Waals surface area contributed by atoms with E-state index < -0.39 is 0 Å². The van der Waals surface area contributed by atoms with Crippen LogP contribution in [0.2, 0.25) is 0 Å². The molecule has 0 aliphatic carbocycles. The number of aromatic nitrogens is 2. The lowest BCUT2D eigenvalue weighted by atomic mass is 10.1. The highest BCUT2D eigenvalue weighted by Gasteiger charge is 2.21. The summed E-state index contributed by atoms with van der Waals surface area (Å²) in [7, 11) is 4.02. The van der Waals surface area contributed by atoms with Crippen LogP contribution in [0.1, 0.15) is 16.8 Å². The Balaban J connectivity index is 1.77. The van der Waals surface area contributed by atoms with Gasteiger partial charge < -0.3 is 14.8 Å². The summed E-state index contributed by atoms with van der Waals surface area (Å²) in [6, 6.07) is 5.91. The van der Waals surface area contributed by atoms with Gasteiger partial charge in [-0.25, -0.2) is 4.98 Å². The number of imidazole rings is 1. The van der Waals surface area contributed by atoms with Crippen molar-refractivity contribution in [2.45, 2.75) is 12.5 Å². The van der Waals surface area contributed by atoms with Crippen molar-refractivity contribution < 1.29 is 4.79 Å². The first-order valence-corrected chi connectivity index (χ1v) is 6.54. The van der Waals surface area contributed by atoms with Crippen molar-refractivity contribution in [2.24, 2.45) is 7.05 Å². The standard InChI is InChI=1S/C14H18N4O/c1-17-6-5-11(8-17)16-14(19)10-3-4-13-12(7-10)15-9-18(13)2/h3-4,7,9,11H,5-6,8H2,1-2H3,(H,16,19). The molecule has 1 aromatic heterocycles. The predicted molar refractivity (Wildman–Crippen MR) is 74.1 cm³/mol. The van der Waals surface area contributed by atoms with Gasteiger partial charge in [-0.05, 0) is 38.2 Å². The average Bonchev–Trinajstić information content (AvgIpc) is 2.96. The molecule has 0 bridgehead atoms. The number of amides is 1. The van der Waals surface area contributed by atoms with Crippen molar-refractivity contribution in [3.8, 4) is 0 Å². The number of nitrogens with zero attached hydrogens (tertiary/aromatic N) is 3. The Kier molecular flexibility index (Phi) is 2.98. The molecule has 0 saturated carbocycles. The summed E-state index contributed by atoms with van der Waals surface area (Å²) < 4.78 is 1.95. The molecule has 0 radical (unpaired) electrons. The van der Waals surface area contributed by atoms with Gasteiger partial charge in [-0.2, -0.15) is 0 Å². The lowest BCUT2D eigenvalue weighted by Gasteiger charge is -2.12. The van der Waals surface area contributed by atoms with Crippen molar-refractivity contribution in [3.05, 3.63) is 30.1 Å². The third kappa shape index (κ3) is 2.33. The van der Waals surface area contributed by atoms with Gasteiger partial charge in [0.25, 0.3) is 5.91 Å². The molecule has 100 valence electrons. The fraction of sp³-hybridized carbons (Fsp3) is 0.429. The molecule has 0 spiro atoms. The van der Waals surface area contributed by atoms with Crippen molar-refractivity contribution in [1.29, 1.82) is 0 Å². The van der Waals surface area contributed by atoms with Crippen molar-refractivity contribution in [2.75, 3.05) is 20.1 Å². The maximum Gasteiger partial charge on any atom is 0.251 e. The highest BCUT2D eigenvalue weighted by atomic mass is 16.1. The van der Waals surface area contributed by atoms with E-state index in [0.29, 0.717) is 5.56 Å². The van der Waals surface area contributed by atoms with Gasteiger partial charge in [0, 0.05) is 25.2 Å². The summed E-state index contributed by atoms with van der Waals surface area (Å²) in [4.78, 5) is 18.7. The maximum atomic E-state index is 12.2. The number of benzene rings is 1. The summed E-state index contributed by atoms with van der Waals surface area (Å²) >= 11 is 0. The maximum absolute atomic E-state index is 12.2. The molecule has 1 amide bonds. The quantitative estimate of drug-likeness (QED) is 0.874. The Morgan fingerprint density at radius 3 is 3.00 bits per heavy atom. The molecule has 1 aromatic carbocycles. The van der Waals surface area contributed by atoms with E-state index in [9.17, 15) is 4.79 Å². The van der Waals surface area contributed by atoms with Crippen LogP contribution in [0.4, 0.5) is 0 Å². The molecule has 3 rings (SSSR count). The first-order valence-electron chi connectivity index (χ1n) is 6.54. The van der Waals surface area contributed by atoms with Gasteiger partial charge in [-0.3, -0.25) is 4.79 Å². The monoisotopic (exact) mass is 258 g/mol. The van der Waals surface area contributed by atoms with Gasteiger partial charge in [0.2, 0.25) is 0 Å². The van der Waals surface area contributed by atoms with Crippen LogP contribution in [0.15, 0.2) is 24.5 Å². The third-order valence-electron chi connectivity index (χ3n) is 3.71. The molecule has 2 heterocycles. The topological polar surface area (TPSA) is 50.2 Å². The summed E-state index contributed by atoms with van der Waals surface area (Å²) in [5, 5.41) is 3.08. The van der Waals surface area contributed by atoms with E-state index in [0.717, 1.165) is 30.5 Å². The molecule has 2 aromatic rings. The molecule has 1 N–H and O–H groups in total. The Hall–Kier alpha value is -1.88. The second kappa shape index (κ2) is 4.66. The molecule has 1 unspecified atom stereocenters. The number of aryl methyl sites for hydroxylation is 1. The van der Waals surface area contributed by atoms with Crippen LogP contribution in [-0.2, 0) is 7.05 Å². The minimum atomic E-state index is -0.00662. The summed E-state index contributed by atoms with van der Waals surface area (Å²) in [5.74, 6) is -0.00662. The van der Waals surface area contributed by atoms with Crippen LogP contribution in [0.3, 0.4) is 0 Å². The number of nitrogens with one attached hydrogen (secondary N) is 1. The second-order valence-electron chi connectivity index (χ2n) is 5.28. The van der Waals surface area contributed by atoms with Gasteiger partial charge in [0.15, 0.2) is 0 Å². The van der Waals surface area contributed by atoms with E-state index in [1.54, 1.807) is 6.33 Å². The second-order valence-corrected chi connectivity index (χ2v) is 5.28. The van der Waals surface area contributed by atoms with Crippen molar-refractivity contribution in [3.63, 3.8) is 0 Å². The number of carbonyl (C=O) groups excluding carboxylic acids is 1. The first-order chi connectivity index (χ1) is 9.13. The van der Waals surface area contributed by atoms with Crippen molar-refractivity contribution >= 4 is 16.9 Å². The zero-order valence-electron chi connectivity index (χ0n) is 11.3. The Labute approximate surface area is 112 Å². The normalized spacial score (nSPS) is 20.0. The number of likely N-dealkylation sites (N-methyl/N-ethyl adjacent to an activating group) is 1. The fourth-order valence-electron chi connectivity index (χ4n) is 2.60. The van der Waals surface area contributed by atoms with E-state index in [2.05, 4.69) is 22.2 Å². The third-order valence-corrected chi connectivity index (χ3v) is 3.71.